The van der Waals surface area contributed by atoms with Gasteiger partial charge >= 0.3 is 12.3 Å². The zero-order valence-electron chi connectivity index (χ0n) is 16.1. The van der Waals surface area contributed by atoms with Crippen LogP contribution in [0.5, 0.6) is 0 Å². The average Bonchev–Trinajstić information content (AvgIpc) is 2.66. The predicted molar refractivity (Wildman–Crippen MR) is 98.8 cm³/mol. The number of nitrogens with one attached hydrogen (secondary N) is 1. The van der Waals surface area contributed by atoms with Crippen LogP contribution in [0.25, 0.3) is 0 Å². The van der Waals surface area contributed by atoms with Crippen molar-refractivity contribution in [2.24, 2.45) is 5.92 Å². The molecule has 0 radical (unpaired) electrons. The van der Waals surface area contributed by atoms with Crippen LogP contribution in [0.2, 0.25) is 0 Å². The van der Waals surface area contributed by atoms with Gasteiger partial charge in [-0.05, 0) is 44.1 Å². The average molecular weight is 400 g/mol. The summed E-state index contributed by atoms with van der Waals surface area (Å²) in [7, 11) is 0. The van der Waals surface area contributed by atoms with E-state index in [4.69, 9.17) is 0 Å². The van der Waals surface area contributed by atoms with Crippen molar-refractivity contribution >= 4 is 12.0 Å². The Morgan fingerprint density at radius 2 is 1.82 bits per heavy atom. The van der Waals surface area contributed by atoms with Crippen molar-refractivity contribution < 1.29 is 27.5 Å². The Hall–Kier alpha value is -2.25. The Balaban J connectivity index is 1.59. The number of alkyl halides is 3. The quantitative estimate of drug-likeness (QED) is 0.757. The minimum atomic E-state index is -4.56. The number of likely N-dealkylation sites (tertiary alicyclic amines) is 1. The number of ether oxygens (including phenoxy) is 1. The number of rotatable bonds is 7. The Morgan fingerprint density at radius 1 is 1.18 bits per heavy atom. The van der Waals surface area contributed by atoms with E-state index in [2.05, 4.69) is 41.2 Å². The number of nitrogens with zero attached hydrogens (tertiary/aromatic N) is 1. The third kappa shape index (κ3) is 8.19. The van der Waals surface area contributed by atoms with Gasteiger partial charge in [0.25, 0.3) is 0 Å². The third-order valence-electron chi connectivity index (χ3n) is 4.90. The van der Waals surface area contributed by atoms with E-state index in [1.54, 1.807) is 4.90 Å². The number of carbonyl (C=O) groups is 2. The molecular weight excluding hydrogens is 373 g/mol. The predicted octanol–water partition coefficient (Wildman–Crippen LogP) is 3.84. The van der Waals surface area contributed by atoms with Crippen LogP contribution in [0, 0.1) is 12.8 Å². The van der Waals surface area contributed by atoms with Crippen LogP contribution in [0.1, 0.15) is 36.8 Å². The van der Waals surface area contributed by atoms with Gasteiger partial charge in [0.2, 0.25) is 5.91 Å². The topological polar surface area (TPSA) is 58.6 Å². The second-order valence-electron chi connectivity index (χ2n) is 7.22. The summed E-state index contributed by atoms with van der Waals surface area (Å²) in [6.45, 7) is 1.75. The lowest BCUT2D eigenvalue weighted by Gasteiger charge is -2.32. The fraction of sp³-hybridized carbons (Fsp3) is 0.600. The molecule has 8 heteroatoms. The molecular formula is C20H27F3N2O3. The summed E-state index contributed by atoms with van der Waals surface area (Å²) in [6, 6.07) is 8.54. The number of halogens is 3. The van der Waals surface area contributed by atoms with Crippen molar-refractivity contribution in [3.63, 3.8) is 0 Å². The molecule has 0 bridgehead atoms. The summed E-state index contributed by atoms with van der Waals surface area (Å²) in [4.78, 5) is 25.1. The molecule has 0 aromatic heterocycles. The maximum atomic E-state index is 12.2. The molecule has 28 heavy (non-hydrogen) atoms. The normalized spacial score (nSPS) is 15.4. The lowest BCUT2D eigenvalue weighted by molar-refractivity contribution is -0.160. The van der Waals surface area contributed by atoms with E-state index >= 15 is 0 Å². The molecule has 1 aromatic rings. The number of carbonyl (C=O) groups excluding carboxylic acids is 2. The zero-order chi connectivity index (χ0) is 20.6. The summed E-state index contributed by atoms with van der Waals surface area (Å²) in [6.07, 6.45) is -1.66. The molecule has 1 aliphatic heterocycles. The molecule has 0 spiro atoms. The number of aryl methyl sites for hydroxylation is 2. The van der Waals surface area contributed by atoms with Crippen molar-refractivity contribution in [1.29, 1.82) is 0 Å². The van der Waals surface area contributed by atoms with E-state index < -0.39 is 18.9 Å². The summed E-state index contributed by atoms with van der Waals surface area (Å²) in [5.41, 5.74) is 2.58. The van der Waals surface area contributed by atoms with Gasteiger partial charge in [-0.25, -0.2) is 4.79 Å². The number of amides is 2. The highest BCUT2D eigenvalue weighted by Crippen LogP contribution is 2.23. The van der Waals surface area contributed by atoms with Crippen molar-refractivity contribution in [3.05, 3.63) is 35.4 Å². The third-order valence-corrected chi connectivity index (χ3v) is 4.90. The molecule has 2 amide bonds. The van der Waals surface area contributed by atoms with Gasteiger partial charge in [-0.3, -0.25) is 4.79 Å². The molecule has 0 atom stereocenters. The Bertz CT molecular complexity index is 639. The number of benzene rings is 1. The maximum Gasteiger partial charge on any atom is 0.422 e. The van der Waals surface area contributed by atoms with Gasteiger partial charge in [-0.1, -0.05) is 29.8 Å². The van der Waals surface area contributed by atoms with E-state index in [-0.39, 0.29) is 18.9 Å². The van der Waals surface area contributed by atoms with Crippen LogP contribution in [0.4, 0.5) is 18.0 Å². The van der Waals surface area contributed by atoms with Crippen LogP contribution in [0.15, 0.2) is 24.3 Å². The molecule has 1 aliphatic rings. The molecule has 1 aromatic carbocycles. The summed E-state index contributed by atoms with van der Waals surface area (Å²) < 4.78 is 39.8. The summed E-state index contributed by atoms with van der Waals surface area (Å²) >= 11 is 0. The molecule has 1 saturated heterocycles. The molecule has 0 saturated carbocycles. The van der Waals surface area contributed by atoms with Gasteiger partial charge in [0.15, 0.2) is 6.61 Å². The highest BCUT2D eigenvalue weighted by Gasteiger charge is 2.29. The Kier molecular flexibility index (Phi) is 8.14. The Morgan fingerprint density at radius 3 is 2.43 bits per heavy atom. The minimum absolute atomic E-state index is 0.0388. The van der Waals surface area contributed by atoms with Crippen molar-refractivity contribution in [3.8, 4) is 0 Å². The highest BCUT2D eigenvalue weighted by atomic mass is 19.4. The molecule has 0 aliphatic carbocycles. The van der Waals surface area contributed by atoms with E-state index in [1.807, 2.05) is 0 Å². The number of hydrogen-bond donors (Lipinski definition) is 1. The molecule has 1 fully saturated rings. The molecule has 156 valence electrons. The van der Waals surface area contributed by atoms with E-state index in [0.717, 1.165) is 25.7 Å². The first-order valence-corrected chi connectivity index (χ1v) is 9.53. The molecule has 5 nitrogen and oxygen atoms in total. The fourth-order valence-electron chi connectivity index (χ4n) is 3.22. The number of piperidine rings is 1. The highest BCUT2D eigenvalue weighted by molar-refractivity contribution is 5.77. The fourth-order valence-corrected chi connectivity index (χ4v) is 3.22. The first-order valence-electron chi connectivity index (χ1n) is 9.53. The standard InChI is InChI=1S/C20H27F3N2O3/c1-15-2-4-16(5-3-15)6-7-17-9-12-25(13-10-17)18(26)8-11-24-19(27)28-14-20(21,22)23/h2-5,17H,6-14H2,1H3,(H,24,27). The second-order valence-corrected chi connectivity index (χ2v) is 7.22. The van der Waals surface area contributed by atoms with Crippen LogP contribution < -0.4 is 5.32 Å². The number of hydrogen-bond acceptors (Lipinski definition) is 3. The lowest BCUT2D eigenvalue weighted by atomic mass is 9.90. The minimum Gasteiger partial charge on any atom is -0.440 e. The van der Waals surface area contributed by atoms with E-state index in [9.17, 15) is 22.8 Å². The first kappa shape index (κ1) is 22.0. The second kappa shape index (κ2) is 10.3. The number of alkyl carbamates (subject to hydrolysis) is 1. The summed E-state index contributed by atoms with van der Waals surface area (Å²) in [5, 5.41) is 2.17. The molecule has 1 heterocycles. The molecule has 2 rings (SSSR count). The van der Waals surface area contributed by atoms with Crippen LogP contribution in [-0.2, 0) is 16.0 Å². The van der Waals surface area contributed by atoms with Crippen molar-refractivity contribution in [1.82, 2.24) is 10.2 Å². The smallest absolute Gasteiger partial charge is 0.422 e. The monoisotopic (exact) mass is 400 g/mol. The largest absolute Gasteiger partial charge is 0.440 e. The van der Waals surface area contributed by atoms with Gasteiger partial charge in [0.1, 0.15) is 0 Å². The molecule has 0 unspecified atom stereocenters. The molecule has 1 N–H and O–H groups in total. The van der Waals surface area contributed by atoms with E-state index in [0.29, 0.717) is 19.0 Å². The first-order chi connectivity index (χ1) is 13.2. The Labute approximate surface area is 163 Å². The van der Waals surface area contributed by atoms with E-state index in [1.165, 1.54) is 11.1 Å². The van der Waals surface area contributed by atoms with Gasteiger partial charge in [-0.2, -0.15) is 13.2 Å². The van der Waals surface area contributed by atoms with Crippen LogP contribution >= 0.6 is 0 Å². The SMILES string of the molecule is Cc1ccc(CCC2CCN(C(=O)CCNC(=O)OCC(F)(F)F)CC2)cc1. The van der Waals surface area contributed by atoms with Crippen LogP contribution in [-0.4, -0.2) is 49.3 Å². The van der Waals surface area contributed by atoms with Crippen molar-refractivity contribution in [2.45, 2.75) is 45.2 Å². The lowest BCUT2D eigenvalue weighted by Crippen LogP contribution is -2.40. The zero-order valence-corrected chi connectivity index (χ0v) is 16.1. The van der Waals surface area contributed by atoms with Gasteiger partial charge in [0, 0.05) is 26.1 Å². The van der Waals surface area contributed by atoms with Gasteiger partial charge in [0.05, 0.1) is 0 Å². The van der Waals surface area contributed by atoms with Crippen molar-refractivity contribution in [2.75, 3.05) is 26.2 Å². The van der Waals surface area contributed by atoms with Gasteiger partial charge in [-0.15, -0.1) is 0 Å². The van der Waals surface area contributed by atoms with Gasteiger partial charge < -0.3 is 15.0 Å². The summed E-state index contributed by atoms with van der Waals surface area (Å²) in [5.74, 6) is 0.480. The maximum absolute atomic E-state index is 12.2. The van der Waals surface area contributed by atoms with Crippen LogP contribution in [0.3, 0.4) is 0 Å².